The minimum Gasteiger partial charge on any atom is -0.283 e. The van der Waals surface area contributed by atoms with Crippen LogP contribution in [0.1, 0.15) is 0 Å². The van der Waals surface area contributed by atoms with E-state index in [-0.39, 0.29) is 20.3 Å². The maximum absolute atomic E-state index is 13.1. The predicted molar refractivity (Wildman–Crippen MR) is 100 cm³/mol. The number of rotatable bonds is 3. The van der Waals surface area contributed by atoms with Crippen LogP contribution in [0.15, 0.2) is 75.7 Å². The van der Waals surface area contributed by atoms with E-state index < -0.39 is 9.84 Å². The second-order valence-electron chi connectivity index (χ2n) is 5.57. The number of thioether (sulfide) groups is 1. The zero-order valence-electron chi connectivity index (χ0n) is 13.7. The van der Waals surface area contributed by atoms with Crippen molar-refractivity contribution in [1.82, 2.24) is 14.4 Å². The fourth-order valence-corrected chi connectivity index (χ4v) is 5.24. The lowest BCUT2D eigenvalue weighted by atomic mass is 10.2. The SMILES string of the molecule is CSc1nc2c3ncccc3ccn2c(=N)c1S(=O)(=O)c1ccccc1. The van der Waals surface area contributed by atoms with Gasteiger partial charge in [-0.1, -0.05) is 24.3 Å². The molecule has 3 aromatic heterocycles. The van der Waals surface area contributed by atoms with Crippen LogP contribution in [0.25, 0.3) is 16.6 Å². The summed E-state index contributed by atoms with van der Waals surface area (Å²) < 4.78 is 27.7. The van der Waals surface area contributed by atoms with Gasteiger partial charge in [-0.2, -0.15) is 0 Å². The minimum absolute atomic E-state index is 0.0935. The number of nitrogens with one attached hydrogen (secondary N) is 1. The Morgan fingerprint density at radius 2 is 1.85 bits per heavy atom. The summed E-state index contributed by atoms with van der Waals surface area (Å²) >= 11 is 1.20. The summed E-state index contributed by atoms with van der Waals surface area (Å²) in [6.07, 6.45) is 5.06. The smallest absolute Gasteiger partial charge is 0.212 e. The molecule has 8 heteroatoms. The molecule has 0 amide bonds. The van der Waals surface area contributed by atoms with Gasteiger partial charge in [0.1, 0.15) is 15.4 Å². The van der Waals surface area contributed by atoms with E-state index in [1.54, 1.807) is 42.9 Å². The molecule has 130 valence electrons. The quantitative estimate of drug-likeness (QED) is 0.334. The molecule has 0 aliphatic heterocycles. The van der Waals surface area contributed by atoms with E-state index in [1.807, 2.05) is 12.1 Å². The Hall–Kier alpha value is -2.71. The normalized spacial score (nSPS) is 11.9. The van der Waals surface area contributed by atoms with Gasteiger partial charge in [-0.05, 0) is 30.5 Å². The Kier molecular flexibility index (Phi) is 4.01. The highest BCUT2D eigenvalue weighted by Crippen LogP contribution is 2.27. The molecule has 0 atom stereocenters. The van der Waals surface area contributed by atoms with E-state index >= 15 is 0 Å². The molecule has 4 rings (SSSR count). The number of fused-ring (bicyclic) bond motifs is 3. The standard InChI is InChI=1S/C18H14N4O2S2/c1-25-18-15(26(23,24)13-7-3-2-4-8-13)16(19)22-11-9-12-6-5-10-20-14(12)17(22)21-18/h2-11,19H,1H3. The van der Waals surface area contributed by atoms with Crippen molar-refractivity contribution in [2.75, 3.05) is 6.26 Å². The Balaban J connectivity index is 2.13. The first-order valence-corrected chi connectivity index (χ1v) is 10.4. The third kappa shape index (κ3) is 2.49. The van der Waals surface area contributed by atoms with Crippen molar-refractivity contribution in [3.05, 3.63) is 66.4 Å². The molecule has 0 saturated carbocycles. The number of benzene rings is 1. The highest BCUT2D eigenvalue weighted by atomic mass is 32.2. The largest absolute Gasteiger partial charge is 0.283 e. The average molecular weight is 382 g/mol. The number of hydrogen-bond acceptors (Lipinski definition) is 6. The van der Waals surface area contributed by atoms with Gasteiger partial charge >= 0.3 is 0 Å². The van der Waals surface area contributed by atoms with Crippen molar-refractivity contribution in [2.24, 2.45) is 0 Å². The van der Waals surface area contributed by atoms with Gasteiger partial charge in [0.2, 0.25) is 9.84 Å². The van der Waals surface area contributed by atoms with Crippen LogP contribution >= 0.6 is 11.8 Å². The molecular weight excluding hydrogens is 368 g/mol. The van der Waals surface area contributed by atoms with Crippen LogP contribution in [0.2, 0.25) is 0 Å². The molecule has 1 aromatic carbocycles. The molecule has 0 bridgehead atoms. The number of aromatic nitrogens is 3. The number of pyridine rings is 2. The highest BCUT2D eigenvalue weighted by molar-refractivity contribution is 7.99. The third-order valence-electron chi connectivity index (χ3n) is 4.06. The van der Waals surface area contributed by atoms with Gasteiger partial charge in [0.15, 0.2) is 11.1 Å². The summed E-state index contributed by atoms with van der Waals surface area (Å²) in [5.74, 6) is 0. The average Bonchev–Trinajstić information content (AvgIpc) is 2.68. The molecule has 0 fully saturated rings. The second-order valence-corrected chi connectivity index (χ2v) is 8.25. The second kappa shape index (κ2) is 6.22. The molecule has 6 nitrogen and oxygen atoms in total. The topological polar surface area (TPSA) is 88.2 Å². The van der Waals surface area contributed by atoms with Crippen molar-refractivity contribution in [1.29, 1.82) is 5.41 Å². The molecule has 4 aromatic rings. The van der Waals surface area contributed by atoms with E-state index in [9.17, 15) is 8.42 Å². The van der Waals surface area contributed by atoms with Gasteiger partial charge in [0.25, 0.3) is 0 Å². The summed E-state index contributed by atoms with van der Waals surface area (Å²) in [6.45, 7) is 0. The summed E-state index contributed by atoms with van der Waals surface area (Å²) in [5.41, 5.74) is 0.961. The predicted octanol–water partition coefficient (Wildman–Crippen LogP) is 2.92. The third-order valence-corrected chi connectivity index (χ3v) is 6.68. The Morgan fingerprint density at radius 1 is 1.08 bits per heavy atom. The molecule has 1 N–H and O–H groups in total. The highest BCUT2D eigenvalue weighted by Gasteiger charge is 2.26. The van der Waals surface area contributed by atoms with E-state index in [0.717, 1.165) is 5.39 Å². The molecule has 0 unspecified atom stereocenters. The fraction of sp³-hybridized carbons (Fsp3) is 0.0556. The number of nitrogens with zero attached hydrogens (tertiary/aromatic N) is 3. The molecule has 0 aliphatic rings. The van der Waals surface area contributed by atoms with Gasteiger partial charge in [0, 0.05) is 17.8 Å². The number of sulfone groups is 1. The van der Waals surface area contributed by atoms with Crippen molar-refractivity contribution in [3.8, 4) is 0 Å². The van der Waals surface area contributed by atoms with Crippen LogP contribution in [0, 0.1) is 5.41 Å². The molecule has 3 heterocycles. The lowest BCUT2D eigenvalue weighted by Crippen LogP contribution is -2.25. The molecule has 0 aliphatic carbocycles. The van der Waals surface area contributed by atoms with E-state index in [4.69, 9.17) is 5.41 Å². The maximum atomic E-state index is 13.1. The van der Waals surface area contributed by atoms with Gasteiger partial charge in [0.05, 0.1) is 4.90 Å². The molecule has 0 radical (unpaired) electrons. The monoisotopic (exact) mass is 382 g/mol. The lowest BCUT2D eigenvalue weighted by Gasteiger charge is -2.12. The first kappa shape index (κ1) is 16.7. The van der Waals surface area contributed by atoms with Crippen molar-refractivity contribution >= 4 is 38.1 Å². The minimum atomic E-state index is -3.87. The van der Waals surface area contributed by atoms with Gasteiger partial charge in [-0.15, -0.1) is 11.8 Å². The molecule has 0 spiro atoms. The zero-order chi connectivity index (χ0) is 18.3. The van der Waals surface area contributed by atoms with E-state index in [2.05, 4.69) is 9.97 Å². The first-order chi connectivity index (χ1) is 12.5. The van der Waals surface area contributed by atoms with Crippen LogP contribution in [0.5, 0.6) is 0 Å². The van der Waals surface area contributed by atoms with E-state index in [1.165, 1.54) is 28.3 Å². The lowest BCUT2D eigenvalue weighted by molar-refractivity contribution is 0.589. The van der Waals surface area contributed by atoms with Gasteiger partial charge in [-0.3, -0.25) is 14.8 Å². The van der Waals surface area contributed by atoms with Crippen LogP contribution < -0.4 is 5.49 Å². The zero-order valence-corrected chi connectivity index (χ0v) is 15.4. The van der Waals surface area contributed by atoms with Gasteiger partial charge in [-0.25, -0.2) is 13.4 Å². The summed E-state index contributed by atoms with van der Waals surface area (Å²) in [4.78, 5) is 8.94. The van der Waals surface area contributed by atoms with Crippen LogP contribution in [0.4, 0.5) is 0 Å². The molecular formula is C18H14N4O2S2. The number of hydrogen-bond donors (Lipinski definition) is 1. The Bertz CT molecular complexity index is 1300. The van der Waals surface area contributed by atoms with Crippen LogP contribution in [-0.4, -0.2) is 29.0 Å². The van der Waals surface area contributed by atoms with E-state index in [0.29, 0.717) is 11.2 Å². The van der Waals surface area contributed by atoms with Gasteiger partial charge < -0.3 is 0 Å². The van der Waals surface area contributed by atoms with Crippen molar-refractivity contribution in [3.63, 3.8) is 0 Å². The summed E-state index contributed by atoms with van der Waals surface area (Å²) in [6, 6.07) is 13.6. The first-order valence-electron chi connectivity index (χ1n) is 7.73. The van der Waals surface area contributed by atoms with Crippen molar-refractivity contribution < 1.29 is 8.42 Å². The summed E-state index contributed by atoms with van der Waals surface area (Å²) in [5, 5.41) is 9.74. The van der Waals surface area contributed by atoms with Crippen molar-refractivity contribution in [2.45, 2.75) is 14.8 Å². The molecule has 26 heavy (non-hydrogen) atoms. The molecule has 0 saturated heterocycles. The van der Waals surface area contributed by atoms with Crippen LogP contribution in [-0.2, 0) is 9.84 Å². The Morgan fingerprint density at radius 3 is 2.58 bits per heavy atom. The maximum Gasteiger partial charge on any atom is 0.212 e. The fourth-order valence-electron chi connectivity index (χ4n) is 2.82. The van der Waals surface area contributed by atoms with Crippen LogP contribution in [0.3, 0.4) is 0 Å². The summed E-state index contributed by atoms with van der Waals surface area (Å²) in [7, 11) is -3.87. The Labute approximate surface area is 154 Å².